The molecule has 1 aromatic heterocycles. The molecule has 1 saturated heterocycles. The molecule has 3 rings (SSSR count). The zero-order valence-electron chi connectivity index (χ0n) is 11.2. The summed E-state index contributed by atoms with van der Waals surface area (Å²) >= 11 is 0. The summed E-state index contributed by atoms with van der Waals surface area (Å²) < 4.78 is 5.44. The summed E-state index contributed by atoms with van der Waals surface area (Å²) in [5.41, 5.74) is 0.685. The topological polar surface area (TPSA) is 58.5 Å². The Morgan fingerprint density at radius 2 is 1.79 bits per heavy atom. The molecule has 1 atom stereocenters. The number of aliphatic hydroxyl groups excluding tert-OH is 1. The molecule has 0 bridgehead atoms. The monoisotopic (exact) mass is 263 g/mol. The third-order valence-electron chi connectivity index (χ3n) is 4.52. The number of nitrogens with zero attached hydrogens (tertiary/aromatic N) is 3. The Morgan fingerprint density at radius 1 is 1.16 bits per heavy atom. The average molecular weight is 263 g/mol. The highest BCUT2D eigenvalue weighted by Crippen LogP contribution is 2.44. The minimum Gasteiger partial charge on any atom is -0.386 e. The van der Waals surface area contributed by atoms with E-state index in [-0.39, 0.29) is 5.54 Å². The van der Waals surface area contributed by atoms with E-state index in [0.29, 0.717) is 0 Å². The summed E-state index contributed by atoms with van der Waals surface area (Å²) in [7, 11) is 0. The average Bonchev–Trinajstić information content (AvgIpc) is 2.99. The van der Waals surface area contributed by atoms with E-state index in [1.54, 1.807) is 12.4 Å². The van der Waals surface area contributed by atoms with Crippen LogP contribution in [0, 0.1) is 0 Å². The van der Waals surface area contributed by atoms with Gasteiger partial charge in [-0.05, 0) is 12.8 Å². The Kier molecular flexibility index (Phi) is 3.77. The first kappa shape index (κ1) is 13.0. The number of rotatable bonds is 3. The van der Waals surface area contributed by atoms with Gasteiger partial charge in [0.2, 0.25) is 0 Å². The Labute approximate surface area is 113 Å². The Morgan fingerprint density at radius 3 is 2.42 bits per heavy atom. The van der Waals surface area contributed by atoms with Gasteiger partial charge >= 0.3 is 0 Å². The van der Waals surface area contributed by atoms with Crippen LogP contribution in [0.4, 0.5) is 0 Å². The molecule has 0 aromatic carbocycles. The first-order valence-electron chi connectivity index (χ1n) is 7.09. The van der Waals surface area contributed by atoms with E-state index >= 15 is 0 Å². The van der Waals surface area contributed by atoms with Crippen LogP contribution >= 0.6 is 0 Å². The van der Waals surface area contributed by atoms with E-state index in [2.05, 4.69) is 14.9 Å². The lowest BCUT2D eigenvalue weighted by molar-refractivity contribution is -0.0776. The molecule has 0 amide bonds. The van der Waals surface area contributed by atoms with Crippen LogP contribution in [-0.2, 0) is 4.74 Å². The zero-order valence-corrected chi connectivity index (χ0v) is 11.2. The molecule has 104 valence electrons. The molecule has 0 spiro atoms. The summed E-state index contributed by atoms with van der Waals surface area (Å²) in [6, 6.07) is 0. The summed E-state index contributed by atoms with van der Waals surface area (Å²) in [5.74, 6) is 0. The van der Waals surface area contributed by atoms with Gasteiger partial charge in [0, 0.05) is 31.0 Å². The molecule has 1 unspecified atom stereocenters. The molecule has 2 fully saturated rings. The Balaban J connectivity index is 1.87. The molecule has 0 radical (unpaired) electrons. The van der Waals surface area contributed by atoms with Crippen LogP contribution in [0.3, 0.4) is 0 Å². The van der Waals surface area contributed by atoms with E-state index in [1.165, 1.54) is 19.2 Å². The van der Waals surface area contributed by atoms with Gasteiger partial charge in [0.1, 0.15) is 12.4 Å². The van der Waals surface area contributed by atoms with E-state index < -0.39 is 6.10 Å². The SMILES string of the molecule is OC(c1cncnc1)C1(N2CCOCC2)CCCC1. The predicted octanol–water partition coefficient (Wildman–Crippen LogP) is 1.15. The van der Waals surface area contributed by atoms with Gasteiger partial charge in [0.05, 0.1) is 18.8 Å². The van der Waals surface area contributed by atoms with Gasteiger partial charge < -0.3 is 9.84 Å². The van der Waals surface area contributed by atoms with E-state index in [9.17, 15) is 5.11 Å². The third kappa shape index (κ3) is 2.38. The van der Waals surface area contributed by atoms with Gasteiger partial charge in [0.15, 0.2) is 0 Å². The standard InChI is InChI=1S/C14H21N3O2/c18-13(12-9-15-11-16-10-12)14(3-1-2-4-14)17-5-7-19-8-6-17/h9-11,13,18H,1-8H2. The fourth-order valence-electron chi connectivity index (χ4n) is 3.52. The number of hydrogen-bond acceptors (Lipinski definition) is 5. The van der Waals surface area contributed by atoms with Crippen LogP contribution in [0.25, 0.3) is 0 Å². The number of aromatic nitrogens is 2. The van der Waals surface area contributed by atoms with E-state index in [4.69, 9.17) is 4.74 Å². The highest BCUT2D eigenvalue weighted by Gasteiger charge is 2.46. The van der Waals surface area contributed by atoms with Crippen molar-refractivity contribution in [2.75, 3.05) is 26.3 Å². The maximum absolute atomic E-state index is 10.9. The van der Waals surface area contributed by atoms with Crippen molar-refractivity contribution in [2.24, 2.45) is 0 Å². The summed E-state index contributed by atoms with van der Waals surface area (Å²) in [5, 5.41) is 10.9. The summed E-state index contributed by atoms with van der Waals surface area (Å²) in [4.78, 5) is 10.5. The van der Waals surface area contributed by atoms with Gasteiger partial charge in [-0.15, -0.1) is 0 Å². The van der Waals surface area contributed by atoms with E-state index in [0.717, 1.165) is 44.7 Å². The highest BCUT2D eigenvalue weighted by atomic mass is 16.5. The van der Waals surface area contributed by atoms with Crippen molar-refractivity contribution >= 4 is 0 Å². The fourth-order valence-corrected chi connectivity index (χ4v) is 3.52. The minimum atomic E-state index is -0.505. The van der Waals surface area contributed by atoms with Crippen molar-refractivity contribution in [3.05, 3.63) is 24.3 Å². The van der Waals surface area contributed by atoms with Crippen molar-refractivity contribution in [3.63, 3.8) is 0 Å². The first-order valence-corrected chi connectivity index (χ1v) is 7.09. The molecule has 19 heavy (non-hydrogen) atoms. The first-order chi connectivity index (χ1) is 9.33. The highest BCUT2D eigenvalue weighted by molar-refractivity contribution is 5.16. The molecule has 5 nitrogen and oxygen atoms in total. The van der Waals surface area contributed by atoms with Crippen LogP contribution in [0.2, 0.25) is 0 Å². The Bertz CT molecular complexity index is 400. The molecule has 1 saturated carbocycles. The second kappa shape index (κ2) is 5.53. The van der Waals surface area contributed by atoms with Gasteiger partial charge in [-0.3, -0.25) is 4.90 Å². The molecule has 1 aliphatic carbocycles. The van der Waals surface area contributed by atoms with Crippen molar-refractivity contribution in [3.8, 4) is 0 Å². The predicted molar refractivity (Wildman–Crippen MR) is 70.6 cm³/mol. The van der Waals surface area contributed by atoms with Crippen LogP contribution in [0.5, 0.6) is 0 Å². The van der Waals surface area contributed by atoms with Crippen molar-refractivity contribution < 1.29 is 9.84 Å². The van der Waals surface area contributed by atoms with Crippen molar-refractivity contribution in [2.45, 2.75) is 37.3 Å². The summed E-state index contributed by atoms with van der Waals surface area (Å²) in [6.07, 6.45) is 8.92. The third-order valence-corrected chi connectivity index (χ3v) is 4.52. The van der Waals surface area contributed by atoms with Crippen LogP contribution in [-0.4, -0.2) is 51.8 Å². The van der Waals surface area contributed by atoms with E-state index in [1.807, 2.05) is 0 Å². The van der Waals surface area contributed by atoms with Gasteiger partial charge in [0.25, 0.3) is 0 Å². The molecular weight excluding hydrogens is 242 g/mol. The van der Waals surface area contributed by atoms with Crippen LogP contribution < -0.4 is 0 Å². The number of morpholine rings is 1. The quantitative estimate of drug-likeness (QED) is 0.886. The molecule has 2 heterocycles. The molecular formula is C14H21N3O2. The fraction of sp³-hybridized carbons (Fsp3) is 0.714. The minimum absolute atomic E-state index is 0.144. The van der Waals surface area contributed by atoms with Gasteiger partial charge in [-0.25, -0.2) is 9.97 Å². The normalized spacial score (nSPS) is 25.3. The second-order valence-corrected chi connectivity index (χ2v) is 5.48. The van der Waals surface area contributed by atoms with Crippen molar-refractivity contribution in [1.29, 1.82) is 0 Å². The molecule has 1 N–H and O–H groups in total. The number of ether oxygens (including phenoxy) is 1. The molecule has 1 aliphatic heterocycles. The van der Waals surface area contributed by atoms with Crippen molar-refractivity contribution in [1.82, 2.24) is 14.9 Å². The lowest BCUT2D eigenvalue weighted by atomic mass is 9.84. The molecule has 1 aromatic rings. The number of aliphatic hydroxyl groups is 1. The molecule has 5 heteroatoms. The maximum Gasteiger partial charge on any atom is 0.115 e. The lowest BCUT2D eigenvalue weighted by Gasteiger charge is -2.46. The van der Waals surface area contributed by atoms with Gasteiger partial charge in [-0.1, -0.05) is 12.8 Å². The Hall–Kier alpha value is -1.04. The number of hydrogen-bond donors (Lipinski definition) is 1. The summed E-state index contributed by atoms with van der Waals surface area (Å²) in [6.45, 7) is 3.34. The van der Waals surface area contributed by atoms with Crippen LogP contribution in [0.15, 0.2) is 18.7 Å². The molecule has 2 aliphatic rings. The largest absolute Gasteiger partial charge is 0.386 e. The lowest BCUT2D eigenvalue weighted by Crippen LogP contribution is -2.55. The maximum atomic E-state index is 10.9. The zero-order chi connectivity index (χ0) is 13.1. The van der Waals surface area contributed by atoms with Crippen LogP contribution in [0.1, 0.15) is 37.4 Å². The van der Waals surface area contributed by atoms with Gasteiger partial charge in [-0.2, -0.15) is 0 Å². The smallest absolute Gasteiger partial charge is 0.115 e. The second-order valence-electron chi connectivity index (χ2n) is 5.48.